The van der Waals surface area contributed by atoms with Gasteiger partial charge in [-0.05, 0) is 38.0 Å². The van der Waals surface area contributed by atoms with Crippen LogP contribution in [0.3, 0.4) is 0 Å². The van der Waals surface area contributed by atoms with Crippen LogP contribution in [0.1, 0.15) is 49.5 Å². The van der Waals surface area contributed by atoms with E-state index >= 15 is 0 Å². The summed E-state index contributed by atoms with van der Waals surface area (Å²) in [6.07, 6.45) is 8.36. The van der Waals surface area contributed by atoms with Crippen LogP contribution in [0.15, 0.2) is 6.33 Å². The van der Waals surface area contributed by atoms with Crippen LogP contribution in [0, 0.1) is 11.8 Å². The molecule has 3 heterocycles. The molecule has 0 bridgehead atoms. The Labute approximate surface area is 149 Å². The molecule has 6 nitrogen and oxygen atoms in total. The molecule has 3 aliphatic rings. The van der Waals surface area contributed by atoms with Crippen molar-refractivity contribution in [3.63, 3.8) is 0 Å². The van der Waals surface area contributed by atoms with E-state index in [1.54, 1.807) is 7.11 Å². The van der Waals surface area contributed by atoms with E-state index in [1.165, 1.54) is 11.4 Å². The van der Waals surface area contributed by atoms with Crippen molar-refractivity contribution in [3.8, 4) is 0 Å². The zero-order valence-corrected chi connectivity index (χ0v) is 15.2. The van der Waals surface area contributed by atoms with Gasteiger partial charge in [0.05, 0.1) is 18.1 Å². The first kappa shape index (κ1) is 17.0. The predicted molar refractivity (Wildman–Crippen MR) is 95.1 cm³/mol. The van der Waals surface area contributed by atoms with Crippen LogP contribution in [-0.2, 0) is 16.0 Å². The van der Waals surface area contributed by atoms with Crippen molar-refractivity contribution < 1.29 is 9.53 Å². The Morgan fingerprint density at radius 1 is 1.28 bits per heavy atom. The molecule has 0 aromatic carbocycles. The molecule has 1 aliphatic carbocycles. The molecule has 2 fully saturated rings. The van der Waals surface area contributed by atoms with E-state index in [4.69, 9.17) is 4.74 Å². The van der Waals surface area contributed by atoms with Crippen LogP contribution in [0.5, 0.6) is 0 Å². The average Bonchev–Trinajstić information content (AvgIpc) is 3.39. The van der Waals surface area contributed by atoms with Crippen molar-refractivity contribution in [1.82, 2.24) is 19.8 Å². The molecule has 0 radical (unpaired) electrons. The summed E-state index contributed by atoms with van der Waals surface area (Å²) in [6, 6.07) is 0.394. The third-order valence-electron chi connectivity index (χ3n) is 6.09. The fourth-order valence-electron chi connectivity index (χ4n) is 4.56. The fraction of sp³-hybridized carbons (Fsp3) is 0.789. The minimum atomic E-state index is 0.342. The van der Waals surface area contributed by atoms with E-state index in [0.717, 1.165) is 71.3 Å². The lowest BCUT2D eigenvalue weighted by Gasteiger charge is -2.43. The van der Waals surface area contributed by atoms with Gasteiger partial charge in [0.2, 0.25) is 5.91 Å². The number of hydrogen-bond donors (Lipinski definition) is 1. The first-order valence-corrected chi connectivity index (χ1v) is 9.82. The third kappa shape index (κ3) is 3.60. The number of H-pyrrole nitrogens is 1. The van der Waals surface area contributed by atoms with Crippen molar-refractivity contribution in [1.29, 1.82) is 0 Å². The van der Waals surface area contributed by atoms with Gasteiger partial charge in [-0.25, -0.2) is 4.98 Å². The lowest BCUT2D eigenvalue weighted by molar-refractivity contribution is -0.134. The lowest BCUT2D eigenvalue weighted by Crippen LogP contribution is -2.46. The van der Waals surface area contributed by atoms with E-state index in [9.17, 15) is 4.79 Å². The number of rotatable bonds is 6. The molecule has 138 valence electrons. The molecule has 1 amide bonds. The summed E-state index contributed by atoms with van der Waals surface area (Å²) in [4.78, 5) is 25.0. The maximum atomic E-state index is 12.3. The summed E-state index contributed by atoms with van der Waals surface area (Å²) in [6.45, 7) is 4.80. The van der Waals surface area contributed by atoms with E-state index in [0.29, 0.717) is 23.8 Å². The molecule has 1 atom stereocenters. The van der Waals surface area contributed by atoms with Crippen LogP contribution in [0.2, 0.25) is 0 Å². The Morgan fingerprint density at radius 3 is 2.80 bits per heavy atom. The number of imidazole rings is 1. The summed E-state index contributed by atoms with van der Waals surface area (Å²) in [7, 11) is 1.77. The van der Waals surface area contributed by atoms with Crippen LogP contribution >= 0.6 is 0 Å². The number of amides is 1. The Balaban J connectivity index is 1.43. The molecular formula is C19H30N4O2. The number of ether oxygens (including phenoxy) is 1. The van der Waals surface area contributed by atoms with E-state index in [2.05, 4.69) is 19.8 Å². The SMILES string of the molecule is COCCCN1CCc2[nH]cnc2C1C1CCN(C(=O)C2CC2)CC1. The molecule has 1 unspecified atom stereocenters. The highest BCUT2D eigenvalue weighted by atomic mass is 16.5. The predicted octanol–water partition coefficient (Wildman–Crippen LogP) is 1.99. The van der Waals surface area contributed by atoms with Crippen LogP contribution in [0.4, 0.5) is 0 Å². The number of carbonyl (C=O) groups is 1. The molecule has 4 rings (SSSR count). The summed E-state index contributed by atoms with van der Waals surface area (Å²) in [5, 5.41) is 0. The van der Waals surface area contributed by atoms with E-state index in [1.807, 2.05) is 6.33 Å². The van der Waals surface area contributed by atoms with E-state index in [-0.39, 0.29) is 0 Å². The largest absolute Gasteiger partial charge is 0.385 e. The first-order valence-electron chi connectivity index (χ1n) is 9.82. The summed E-state index contributed by atoms with van der Waals surface area (Å²) in [5.41, 5.74) is 2.56. The normalized spacial score (nSPS) is 25.2. The number of piperidine rings is 1. The number of aromatic nitrogens is 2. The monoisotopic (exact) mass is 346 g/mol. The zero-order chi connectivity index (χ0) is 17.2. The number of methoxy groups -OCH3 is 1. The maximum Gasteiger partial charge on any atom is 0.225 e. The molecule has 0 spiro atoms. The minimum Gasteiger partial charge on any atom is -0.385 e. The number of nitrogens with one attached hydrogen (secondary N) is 1. The highest BCUT2D eigenvalue weighted by Crippen LogP contribution is 2.40. The van der Waals surface area contributed by atoms with Gasteiger partial charge < -0.3 is 14.6 Å². The molecule has 1 aromatic rings. The molecular weight excluding hydrogens is 316 g/mol. The van der Waals surface area contributed by atoms with Crippen LogP contribution < -0.4 is 0 Å². The standard InChI is InChI=1S/C19H30N4O2/c1-25-12-2-8-22-11-7-16-17(21-13-20-16)18(22)14-5-9-23(10-6-14)19(24)15-3-4-15/h13-15,18H,2-12H2,1H3,(H,20,21). The zero-order valence-electron chi connectivity index (χ0n) is 15.2. The Hall–Kier alpha value is -1.40. The van der Waals surface area contributed by atoms with Gasteiger partial charge in [-0.3, -0.25) is 9.69 Å². The van der Waals surface area contributed by atoms with Gasteiger partial charge in [0.15, 0.2) is 0 Å². The smallest absolute Gasteiger partial charge is 0.225 e. The number of fused-ring (bicyclic) bond motifs is 1. The molecule has 25 heavy (non-hydrogen) atoms. The summed E-state index contributed by atoms with van der Waals surface area (Å²) in [5.74, 6) is 1.34. The van der Waals surface area contributed by atoms with Gasteiger partial charge in [-0.1, -0.05) is 0 Å². The van der Waals surface area contributed by atoms with Gasteiger partial charge in [0.25, 0.3) is 0 Å². The number of likely N-dealkylation sites (tertiary alicyclic amines) is 1. The van der Waals surface area contributed by atoms with Crippen molar-refractivity contribution >= 4 is 5.91 Å². The molecule has 1 aromatic heterocycles. The molecule has 2 aliphatic heterocycles. The van der Waals surface area contributed by atoms with Gasteiger partial charge in [-0.15, -0.1) is 0 Å². The second-order valence-electron chi connectivity index (χ2n) is 7.78. The number of hydrogen-bond acceptors (Lipinski definition) is 4. The number of aromatic amines is 1. The highest BCUT2D eigenvalue weighted by Gasteiger charge is 2.39. The second-order valence-corrected chi connectivity index (χ2v) is 7.78. The third-order valence-corrected chi connectivity index (χ3v) is 6.09. The maximum absolute atomic E-state index is 12.3. The minimum absolute atomic E-state index is 0.342. The summed E-state index contributed by atoms with van der Waals surface area (Å²) < 4.78 is 5.24. The van der Waals surface area contributed by atoms with Gasteiger partial charge in [0.1, 0.15) is 0 Å². The van der Waals surface area contributed by atoms with Crippen molar-refractivity contribution in [2.24, 2.45) is 11.8 Å². The van der Waals surface area contributed by atoms with Gasteiger partial charge in [-0.2, -0.15) is 0 Å². The van der Waals surface area contributed by atoms with Gasteiger partial charge in [0, 0.05) is 57.9 Å². The fourth-order valence-corrected chi connectivity index (χ4v) is 4.56. The quantitative estimate of drug-likeness (QED) is 0.800. The second kappa shape index (κ2) is 7.46. The Bertz CT molecular complexity index is 590. The number of nitrogens with zero attached hydrogens (tertiary/aromatic N) is 3. The van der Waals surface area contributed by atoms with Crippen molar-refractivity contribution in [3.05, 3.63) is 17.7 Å². The van der Waals surface area contributed by atoms with Gasteiger partial charge >= 0.3 is 0 Å². The molecule has 1 saturated carbocycles. The first-order chi connectivity index (χ1) is 12.3. The molecule has 1 N–H and O–H groups in total. The molecule has 6 heteroatoms. The van der Waals surface area contributed by atoms with E-state index < -0.39 is 0 Å². The molecule has 1 saturated heterocycles. The van der Waals surface area contributed by atoms with Crippen molar-refractivity contribution in [2.45, 2.75) is 44.6 Å². The summed E-state index contributed by atoms with van der Waals surface area (Å²) >= 11 is 0. The Morgan fingerprint density at radius 2 is 2.08 bits per heavy atom. The van der Waals surface area contributed by atoms with Crippen LogP contribution in [0.25, 0.3) is 0 Å². The highest BCUT2D eigenvalue weighted by molar-refractivity contribution is 5.81. The topological polar surface area (TPSA) is 61.5 Å². The Kier molecular flexibility index (Phi) is 5.08. The van der Waals surface area contributed by atoms with Crippen molar-refractivity contribution in [2.75, 3.05) is 39.9 Å². The number of carbonyl (C=O) groups excluding carboxylic acids is 1. The average molecular weight is 346 g/mol. The lowest BCUT2D eigenvalue weighted by atomic mass is 9.83. The van der Waals surface area contributed by atoms with Crippen LogP contribution in [-0.4, -0.2) is 65.6 Å².